The summed E-state index contributed by atoms with van der Waals surface area (Å²) in [5, 5.41) is 4.06. The van der Waals surface area contributed by atoms with E-state index < -0.39 is 0 Å². The first-order chi connectivity index (χ1) is 8.59. The molecular weight excluding hydrogens is 223 g/mol. The van der Waals surface area contributed by atoms with Crippen molar-refractivity contribution in [3.63, 3.8) is 0 Å². The van der Waals surface area contributed by atoms with Crippen LogP contribution in [-0.4, -0.2) is 0 Å². The van der Waals surface area contributed by atoms with E-state index in [2.05, 4.69) is 26.0 Å². The normalized spacial score (nSPS) is 11.3. The molecule has 3 aromatic carbocycles. The van der Waals surface area contributed by atoms with Gasteiger partial charge in [-0.25, -0.2) is 4.39 Å². The van der Waals surface area contributed by atoms with Gasteiger partial charge in [0, 0.05) is 5.39 Å². The molecule has 0 atom stereocenters. The Balaban J connectivity index is 2.56. The molecule has 0 fully saturated rings. The SMILES string of the molecule is Cc1ccc2c(ccc3c(F)c(C)ccc32)c1C. The standard InChI is InChI=1S/C17H15F/c1-10-4-6-14-13(12(10)3)8-9-16-15(14)7-5-11(2)17(16)18/h4-9H,1-3H3. The Morgan fingerprint density at radius 2 is 1.11 bits per heavy atom. The molecule has 0 saturated carbocycles. The maximum absolute atomic E-state index is 14.1. The van der Waals surface area contributed by atoms with Gasteiger partial charge >= 0.3 is 0 Å². The smallest absolute Gasteiger partial charge is 0.133 e. The number of halogens is 1. The van der Waals surface area contributed by atoms with Crippen LogP contribution in [0.4, 0.5) is 4.39 Å². The number of rotatable bonds is 0. The lowest BCUT2D eigenvalue weighted by atomic mass is 9.95. The van der Waals surface area contributed by atoms with Gasteiger partial charge in [0.1, 0.15) is 5.82 Å². The molecule has 0 N–H and O–H groups in total. The van der Waals surface area contributed by atoms with Gasteiger partial charge in [0.25, 0.3) is 0 Å². The molecule has 3 rings (SSSR count). The molecule has 0 aliphatic heterocycles. The first kappa shape index (κ1) is 11.2. The molecule has 0 amide bonds. The average molecular weight is 238 g/mol. The third-order valence-corrected chi connectivity index (χ3v) is 3.87. The van der Waals surface area contributed by atoms with Gasteiger partial charge < -0.3 is 0 Å². The average Bonchev–Trinajstić information content (AvgIpc) is 2.38. The minimum absolute atomic E-state index is 0.104. The van der Waals surface area contributed by atoms with E-state index in [9.17, 15) is 4.39 Å². The number of fused-ring (bicyclic) bond motifs is 3. The van der Waals surface area contributed by atoms with Gasteiger partial charge in [-0.2, -0.15) is 0 Å². The quantitative estimate of drug-likeness (QED) is 0.480. The van der Waals surface area contributed by atoms with Crippen molar-refractivity contribution in [2.75, 3.05) is 0 Å². The number of benzene rings is 3. The summed E-state index contributed by atoms with van der Waals surface area (Å²) in [6, 6.07) is 12.0. The Hall–Kier alpha value is -1.89. The zero-order valence-corrected chi connectivity index (χ0v) is 10.8. The summed E-state index contributed by atoms with van der Waals surface area (Å²) in [5.74, 6) is -0.104. The topological polar surface area (TPSA) is 0 Å². The van der Waals surface area contributed by atoms with E-state index in [1.165, 1.54) is 16.5 Å². The van der Waals surface area contributed by atoms with E-state index in [0.29, 0.717) is 10.9 Å². The molecule has 0 aliphatic carbocycles. The van der Waals surface area contributed by atoms with Crippen molar-refractivity contribution in [3.8, 4) is 0 Å². The zero-order chi connectivity index (χ0) is 12.9. The van der Waals surface area contributed by atoms with Crippen molar-refractivity contribution in [1.29, 1.82) is 0 Å². The lowest BCUT2D eigenvalue weighted by Crippen LogP contribution is -1.89. The van der Waals surface area contributed by atoms with Crippen LogP contribution < -0.4 is 0 Å². The van der Waals surface area contributed by atoms with Gasteiger partial charge in [-0.15, -0.1) is 0 Å². The summed E-state index contributed by atoms with van der Waals surface area (Å²) in [6.45, 7) is 6.03. The van der Waals surface area contributed by atoms with Crippen molar-refractivity contribution in [2.45, 2.75) is 20.8 Å². The summed E-state index contributed by atoms with van der Waals surface area (Å²) in [4.78, 5) is 0. The summed E-state index contributed by atoms with van der Waals surface area (Å²) in [5.41, 5.74) is 3.25. The van der Waals surface area contributed by atoms with E-state index in [0.717, 1.165) is 10.8 Å². The predicted molar refractivity (Wildman–Crippen MR) is 75.6 cm³/mol. The number of aryl methyl sites for hydroxylation is 3. The third-order valence-electron chi connectivity index (χ3n) is 3.87. The monoisotopic (exact) mass is 238 g/mol. The van der Waals surface area contributed by atoms with Gasteiger partial charge in [-0.1, -0.05) is 36.4 Å². The van der Waals surface area contributed by atoms with E-state index in [-0.39, 0.29) is 5.82 Å². The molecule has 1 heteroatoms. The Morgan fingerprint density at radius 3 is 1.83 bits per heavy atom. The molecule has 0 heterocycles. The minimum Gasteiger partial charge on any atom is -0.206 e. The Labute approximate surface area is 106 Å². The maximum Gasteiger partial charge on any atom is 0.133 e. The number of hydrogen-bond donors (Lipinski definition) is 0. The Morgan fingerprint density at radius 1 is 0.611 bits per heavy atom. The van der Waals surface area contributed by atoms with Crippen LogP contribution in [0.1, 0.15) is 16.7 Å². The van der Waals surface area contributed by atoms with Crippen molar-refractivity contribution in [1.82, 2.24) is 0 Å². The van der Waals surface area contributed by atoms with Crippen LogP contribution in [0.15, 0.2) is 36.4 Å². The van der Waals surface area contributed by atoms with Crippen LogP contribution in [0.3, 0.4) is 0 Å². The lowest BCUT2D eigenvalue weighted by molar-refractivity contribution is 0.631. The fraction of sp³-hybridized carbons (Fsp3) is 0.176. The van der Waals surface area contributed by atoms with Crippen LogP contribution in [0.5, 0.6) is 0 Å². The van der Waals surface area contributed by atoms with Crippen LogP contribution in [0.25, 0.3) is 21.5 Å². The van der Waals surface area contributed by atoms with Crippen molar-refractivity contribution in [2.24, 2.45) is 0 Å². The highest BCUT2D eigenvalue weighted by Crippen LogP contribution is 2.31. The summed E-state index contributed by atoms with van der Waals surface area (Å²) in [6.07, 6.45) is 0. The third kappa shape index (κ3) is 1.43. The van der Waals surface area contributed by atoms with Crippen LogP contribution in [0, 0.1) is 26.6 Å². The highest BCUT2D eigenvalue weighted by molar-refractivity contribution is 6.09. The second kappa shape index (κ2) is 3.81. The highest BCUT2D eigenvalue weighted by Gasteiger charge is 2.08. The molecule has 0 spiro atoms. The number of hydrogen-bond acceptors (Lipinski definition) is 0. The van der Waals surface area contributed by atoms with E-state index >= 15 is 0 Å². The molecule has 0 unspecified atom stereocenters. The Bertz CT molecular complexity index is 703. The minimum atomic E-state index is -0.104. The molecule has 18 heavy (non-hydrogen) atoms. The molecule has 0 aliphatic rings. The first-order valence-corrected chi connectivity index (χ1v) is 6.17. The first-order valence-electron chi connectivity index (χ1n) is 6.17. The molecular formula is C17H15F. The van der Waals surface area contributed by atoms with E-state index in [1.54, 1.807) is 6.92 Å². The summed E-state index contributed by atoms with van der Waals surface area (Å²) >= 11 is 0. The largest absolute Gasteiger partial charge is 0.206 e. The van der Waals surface area contributed by atoms with Crippen molar-refractivity contribution in [3.05, 3.63) is 58.9 Å². The zero-order valence-electron chi connectivity index (χ0n) is 10.8. The lowest BCUT2D eigenvalue weighted by Gasteiger charge is -2.10. The van der Waals surface area contributed by atoms with Gasteiger partial charge in [-0.05, 0) is 53.6 Å². The van der Waals surface area contributed by atoms with Gasteiger partial charge in [-0.3, -0.25) is 0 Å². The molecule has 0 aromatic heterocycles. The molecule has 0 radical (unpaired) electrons. The molecule has 90 valence electrons. The van der Waals surface area contributed by atoms with Crippen molar-refractivity contribution >= 4 is 21.5 Å². The van der Waals surface area contributed by atoms with E-state index in [1.807, 2.05) is 24.3 Å². The summed E-state index contributed by atoms with van der Waals surface area (Å²) in [7, 11) is 0. The highest BCUT2D eigenvalue weighted by atomic mass is 19.1. The van der Waals surface area contributed by atoms with E-state index in [4.69, 9.17) is 0 Å². The maximum atomic E-state index is 14.1. The second-order valence-electron chi connectivity index (χ2n) is 4.96. The fourth-order valence-corrected chi connectivity index (χ4v) is 2.55. The van der Waals surface area contributed by atoms with Crippen LogP contribution in [0.2, 0.25) is 0 Å². The van der Waals surface area contributed by atoms with Crippen LogP contribution in [-0.2, 0) is 0 Å². The fourth-order valence-electron chi connectivity index (χ4n) is 2.55. The molecule has 0 bridgehead atoms. The Kier molecular flexibility index (Phi) is 2.37. The second-order valence-corrected chi connectivity index (χ2v) is 4.96. The summed E-state index contributed by atoms with van der Waals surface area (Å²) < 4.78 is 14.1. The van der Waals surface area contributed by atoms with Crippen LogP contribution >= 0.6 is 0 Å². The molecule has 0 nitrogen and oxygen atoms in total. The van der Waals surface area contributed by atoms with Gasteiger partial charge in [0.15, 0.2) is 0 Å². The van der Waals surface area contributed by atoms with Gasteiger partial charge in [0.2, 0.25) is 0 Å². The van der Waals surface area contributed by atoms with Crippen molar-refractivity contribution < 1.29 is 4.39 Å². The molecule has 0 saturated heterocycles. The van der Waals surface area contributed by atoms with Gasteiger partial charge in [0.05, 0.1) is 0 Å². The predicted octanol–water partition coefficient (Wildman–Crippen LogP) is 5.06. The molecule has 3 aromatic rings.